The van der Waals surface area contributed by atoms with E-state index in [2.05, 4.69) is 48.5 Å². The minimum absolute atomic E-state index is 0.0360. The molecule has 1 amide bonds. The second kappa shape index (κ2) is 14.0. The van der Waals surface area contributed by atoms with Crippen LogP contribution in [-0.4, -0.2) is 55.5 Å². The standard InChI is InChI=1S/C22H39N5O/c1-6-23-21(28)20-14-12-19(13-15-20)17-25-22(24-7-2)26-18(5)11-10-16-27(8-3)9-4/h12-15,18H,6-11,16-17H2,1-5H3,(H,23,28)(H2,24,25,26). The molecule has 0 heterocycles. The second-order valence-electron chi connectivity index (χ2n) is 6.97. The van der Waals surface area contributed by atoms with Gasteiger partial charge in [0.05, 0.1) is 6.54 Å². The van der Waals surface area contributed by atoms with E-state index in [0.29, 0.717) is 24.7 Å². The van der Waals surface area contributed by atoms with Gasteiger partial charge in [0.1, 0.15) is 0 Å². The van der Waals surface area contributed by atoms with Crippen LogP contribution in [0.3, 0.4) is 0 Å². The van der Waals surface area contributed by atoms with E-state index in [4.69, 9.17) is 4.99 Å². The zero-order chi connectivity index (χ0) is 20.8. The molecule has 6 heteroatoms. The summed E-state index contributed by atoms with van der Waals surface area (Å²) in [6, 6.07) is 8.00. The number of benzene rings is 1. The van der Waals surface area contributed by atoms with Crippen LogP contribution in [0.5, 0.6) is 0 Å². The van der Waals surface area contributed by atoms with Crippen molar-refractivity contribution in [1.29, 1.82) is 0 Å². The predicted octanol–water partition coefficient (Wildman–Crippen LogP) is 3.00. The summed E-state index contributed by atoms with van der Waals surface area (Å²) >= 11 is 0. The summed E-state index contributed by atoms with van der Waals surface area (Å²) in [6.45, 7) is 16.0. The minimum Gasteiger partial charge on any atom is -0.357 e. The van der Waals surface area contributed by atoms with Crippen LogP contribution in [0.2, 0.25) is 0 Å². The number of nitrogens with zero attached hydrogens (tertiary/aromatic N) is 2. The monoisotopic (exact) mass is 389 g/mol. The first-order valence-corrected chi connectivity index (χ1v) is 10.7. The number of nitrogens with one attached hydrogen (secondary N) is 3. The molecule has 158 valence electrons. The molecule has 6 nitrogen and oxygen atoms in total. The maximum Gasteiger partial charge on any atom is 0.251 e. The highest BCUT2D eigenvalue weighted by molar-refractivity contribution is 5.94. The van der Waals surface area contributed by atoms with Crippen LogP contribution in [0, 0.1) is 0 Å². The first-order chi connectivity index (χ1) is 13.5. The molecule has 0 fully saturated rings. The van der Waals surface area contributed by atoms with Gasteiger partial charge in [-0.15, -0.1) is 0 Å². The van der Waals surface area contributed by atoms with E-state index < -0.39 is 0 Å². The lowest BCUT2D eigenvalue weighted by Crippen LogP contribution is -2.42. The SMILES string of the molecule is CCNC(=O)c1ccc(CN=C(NCC)NC(C)CCCN(CC)CC)cc1. The Kier molecular flexibility index (Phi) is 12.0. The lowest BCUT2D eigenvalue weighted by atomic mass is 10.1. The molecule has 0 aliphatic heterocycles. The van der Waals surface area contributed by atoms with Crippen LogP contribution < -0.4 is 16.0 Å². The van der Waals surface area contributed by atoms with E-state index in [0.717, 1.165) is 44.1 Å². The number of carbonyl (C=O) groups is 1. The minimum atomic E-state index is -0.0360. The average Bonchev–Trinajstić information content (AvgIpc) is 2.70. The molecule has 1 rings (SSSR count). The van der Waals surface area contributed by atoms with Crippen LogP contribution in [0.1, 0.15) is 63.4 Å². The van der Waals surface area contributed by atoms with Gasteiger partial charge in [-0.2, -0.15) is 0 Å². The normalized spacial score (nSPS) is 12.7. The van der Waals surface area contributed by atoms with Crippen molar-refractivity contribution in [3.8, 4) is 0 Å². The third kappa shape index (κ3) is 9.22. The summed E-state index contributed by atoms with van der Waals surface area (Å²) in [7, 11) is 0. The van der Waals surface area contributed by atoms with Crippen molar-refractivity contribution >= 4 is 11.9 Å². The fourth-order valence-electron chi connectivity index (χ4n) is 2.98. The zero-order valence-corrected chi connectivity index (χ0v) is 18.3. The van der Waals surface area contributed by atoms with Crippen LogP contribution in [0.15, 0.2) is 29.3 Å². The molecule has 0 saturated heterocycles. The van der Waals surface area contributed by atoms with Gasteiger partial charge in [0.2, 0.25) is 0 Å². The van der Waals surface area contributed by atoms with Crippen molar-refractivity contribution in [2.75, 3.05) is 32.7 Å². The smallest absolute Gasteiger partial charge is 0.251 e. The van der Waals surface area contributed by atoms with Gasteiger partial charge >= 0.3 is 0 Å². The summed E-state index contributed by atoms with van der Waals surface area (Å²) in [6.07, 6.45) is 2.29. The lowest BCUT2D eigenvalue weighted by Gasteiger charge is -2.21. The summed E-state index contributed by atoms with van der Waals surface area (Å²) in [5.74, 6) is 0.803. The summed E-state index contributed by atoms with van der Waals surface area (Å²) in [5.41, 5.74) is 1.76. The highest BCUT2D eigenvalue weighted by Gasteiger charge is 2.07. The zero-order valence-electron chi connectivity index (χ0n) is 18.3. The Morgan fingerprint density at radius 3 is 2.25 bits per heavy atom. The Morgan fingerprint density at radius 1 is 1.04 bits per heavy atom. The fraction of sp³-hybridized carbons (Fsp3) is 0.636. The van der Waals surface area contributed by atoms with Crippen LogP contribution in [0.4, 0.5) is 0 Å². The molecule has 0 radical (unpaired) electrons. The Balaban J connectivity index is 2.55. The van der Waals surface area contributed by atoms with Crippen LogP contribution in [-0.2, 0) is 6.54 Å². The third-order valence-electron chi connectivity index (χ3n) is 4.71. The summed E-state index contributed by atoms with van der Waals surface area (Å²) < 4.78 is 0. The average molecular weight is 390 g/mol. The van der Waals surface area contributed by atoms with Crippen LogP contribution >= 0.6 is 0 Å². The molecule has 0 saturated carbocycles. The van der Waals surface area contributed by atoms with Gasteiger partial charge in [-0.25, -0.2) is 4.99 Å². The van der Waals surface area contributed by atoms with E-state index >= 15 is 0 Å². The first-order valence-electron chi connectivity index (χ1n) is 10.7. The van der Waals surface area contributed by atoms with E-state index in [1.807, 2.05) is 31.2 Å². The molecule has 0 aliphatic carbocycles. The van der Waals surface area contributed by atoms with Crippen molar-refractivity contribution in [1.82, 2.24) is 20.9 Å². The van der Waals surface area contributed by atoms with E-state index in [9.17, 15) is 4.79 Å². The lowest BCUT2D eigenvalue weighted by molar-refractivity contribution is 0.0956. The molecule has 1 atom stereocenters. The van der Waals surface area contributed by atoms with Crippen molar-refractivity contribution in [2.45, 2.75) is 60.0 Å². The number of carbonyl (C=O) groups excluding carboxylic acids is 1. The fourth-order valence-corrected chi connectivity index (χ4v) is 2.98. The number of hydrogen-bond donors (Lipinski definition) is 3. The number of rotatable bonds is 12. The highest BCUT2D eigenvalue weighted by atomic mass is 16.1. The molecule has 0 bridgehead atoms. The molecular formula is C22H39N5O. The molecule has 3 N–H and O–H groups in total. The van der Waals surface area contributed by atoms with Gasteiger partial charge in [-0.05, 0) is 70.9 Å². The van der Waals surface area contributed by atoms with Crippen molar-refractivity contribution in [3.05, 3.63) is 35.4 Å². The van der Waals surface area contributed by atoms with Gasteiger partial charge in [0.15, 0.2) is 5.96 Å². The molecule has 0 spiro atoms. The van der Waals surface area contributed by atoms with E-state index in [1.54, 1.807) is 0 Å². The Morgan fingerprint density at radius 2 is 1.68 bits per heavy atom. The Labute approximate surface area is 171 Å². The van der Waals surface area contributed by atoms with E-state index in [1.165, 1.54) is 6.42 Å². The Hall–Kier alpha value is -2.08. The van der Waals surface area contributed by atoms with Crippen molar-refractivity contribution in [3.63, 3.8) is 0 Å². The molecule has 0 aromatic heterocycles. The molecule has 1 unspecified atom stereocenters. The maximum absolute atomic E-state index is 11.8. The van der Waals surface area contributed by atoms with Crippen molar-refractivity contribution < 1.29 is 4.79 Å². The summed E-state index contributed by atoms with van der Waals surface area (Å²) in [5, 5.41) is 9.63. The van der Waals surface area contributed by atoms with Gasteiger partial charge in [0, 0.05) is 24.7 Å². The molecule has 1 aromatic carbocycles. The topological polar surface area (TPSA) is 68.8 Å². The highest BCUT2D eigenvalue weighted by Crippen LogP contribution is 2.06. The van der Waals surface area contributed by atoms with Crippen molar-refractivity contribution in [2.24, 2.45) is 4.99 Å². The maximum atomic E-state index is 11.8. The number of amides is 1. The second-order valence-corrected chi connectivity index (χ2v) is 6.97. The number of hydrogen-bond acceptors (Lipinski definition) is 3. The first kappa shape index (κ1) is 24.0. The van der Waals surface area contributed by atoms with Gasteiger partial charge in [-0.3, -0.25) is 4.79 Å². The molecular weight excluding hydrogens is 350 g/mol. The van der Waals surface area contributed by atoms with E-state index in [-0.39, 0.29) is 5.91 Å². The number of guanidine groups is 1. The molecule has 1 aromatic rings. The quantitative estimate of drug-likeness (QED) is 0.380. The summed E-state index contributed by atoms with van der Waals surface area (Å²) in [4.78, 5) is 19.0. The Bertz CT molecular complexity index is 581. The largest absolute Gasteiger partial charge is 0.357 e. The van der Waals surface area contributed by atoms with Gasteiger partial charge in [0.25, 0.3) is 5.91 Å². The number of aliphatic imine (C=N–C) groups is 1. The predicted molar refractivity (Wildman–Crippen MR) is 119 cm³/mol. The molecule has 0 aliphatic rings. The van der Waals surface area contributed by atoms with Gasteiger partial charge in [-0.1, -0.05) is 26.0 Å². The third-order valence-corrected chi connectivity index (χ3v) is 4.71. The van der Waals surface area contributed by atoms with Gasteiger partial charge < -0.3 is 20.9 Å². The van der Waals surface area contributed by atoms with Crippen LogP contribution in [0.25, 0.3) is 0 Å². The molecule has 28 heavy (non-hydrogen) atoms.